The van der Waals surface area contributed by atoms with E-state index in [4.69, 9.17) is 9.47 Å². The van der Waals surface area contributed by atoms with E-state index in [2.05, 4.69) is 23.7 Å². The number of hydrogen-bond donors (Lipinski definition) is 0. The molecule has 1 aromatic heterocycles. The lowest BCUT2D eigenvalue weighted by molar-refractivity contribution is 0.123. The maximum Gasteiger partial charge on any atom is 0.228 e. The maximum absolute atomic E-state index is 12.8. The van der Waals surface area contributed by atoms with Crippen LogP contribution in [-0.2, 0) is 32.4 Å². The predicted molar refractivity (Wildman–Crippen MR) is 109 cm³/mol. The molecule has 0 aliphatic carbocycles. The van der Waals surface area contributed by atoms with Crippen molar-refractivity contribution in [3.63, 3.8) is 0 Å². The van der Waals surface area contributed by atoms with Gasteiger partial charge in [-0.15, -0.1) is 0 Å². The van der Waals surface area contributed by atoms with Crippen LogP contribution in [0.3, 0.4) is 0 Å². The lowest BCUT2D eigenvalue weighted by Crippen LogP contribution is -2.34. The molecule has 1 aromatic carbocycles. The molecule has 0 bridgehead atoms. The highest BCUT2D eigenvalue weighted by Gasteiger charge is 2.24. The lowest BCUT2D eigenvalue weighted by Gasteiger charge is -2.26. The Bertz CT molecular complexity index is 819. The minimum absolute atomic E-state index is 0.0910. The Morgan fingerprint density at radius 1 is 1.11 bits per heavy atom. The smallest absolute Gasteiger partial charge is 0.228 e. The summed E-state index contributed by atoms with van der Waals surface area (Å²) < 4.78 is 37.6. The third kappa shape index (κ3) is 6.13. The highest BCUT2D eigenvalue weighted by atomic mass is 32.2. The Hall–Kier alpha value is -1.74. The van der Waals surface area contributed by atoms with Crippen molar-refractivity contribution in [1.82, 2.24) is 14.5 Å². The molecular formula is C20H31N3O4S. The molecule has 8 heteroatoms. The van der Waals surface area contributed by atoms with Crippen molar-refractivity contribution in [1.29, 1.82) is 0 Å². The first-order chi connectivity index (χ1) is 13.4. The molecule has 0 saturated carbocycles. The van der Waals surface area contributed by atoms with Gasteiger partial charge in [-0.2, -0.15) is 0 Å². The van der Waals surface area contributed by atoms with E-state index >= 15 is 0 Å². The quantitative estimate of drug-likeness (QED) is 0.535. The van der Waals surface area contributed by atoms with E-state index in [9.17, 15) is 8.42 Å². The van der Waals surface area contributed by atoms with Crippen LogP contribution in [0.1, 0.15) is 25.1 Å². The Morgan fingerprint density at radius 2 is 1.79 bits per heavy atom. The molecule has 7 nitrogen and oxygen atoms in total. The van der Waals surface area contributed by atoms with Crippen LogP contribution in [0.15, 0.2) is 41.7 Å². The molecule has 0 saturated heterocycles. The van der Waals surface area contributed by atoms with Gasteiger partial charge in [0.2, 0.25) is 15.0 Å². The SMILES string of the molecule is COCCN(Cc1cnc(S(=O)(=O)CCOC)n1Cc1ccccc1)C(C)C. The summed E-state index contributed by atoms with van der Waals surface area (Å²) in [6.45, 7) is 6.80. The molecule has 0 spiro atoms. The second-order valence-electron chi connectivity index (χ2n) is 6.97. The van der Waals surface area contributed by atoms with Crippen molar-refractivity contribution >= 4 is 9.84 Å². The minimum atomic E-state index is -3.54. The monoisotopic (exact) mass is 409 g/mol. The number of ether oxygens (including phenoxy) is 2. The van der Waals surface area contributed by atoms with Crippen LogP contribution >= 0.6 is 0 Å². The third-order valence-electron chi connectivity index (χ3n) is 4.60. The summed E-state index contributed by atoms with van der Waals surface area (Å²) in [5.41, 5.74) is 1.89. The van der Waals surface area contributed by atoms with Crippen molar-refractivity contribution in [3.8, 4) is 0 Å². The Morgan fingerprint density at radius 3 is 2.39 bits per heavy atom. The van der Waals surface area contributed by atoms with Crippen molar-refractivity contribution in [2.75, 3.05) is 39.7 Å². The summed E-state index contributed by atoms with van der Waals surface area (Å²) in [6, 6.07) is 10.1. The van der Waals surface area contributed by atoms with Crippen LogP contribution in [0.5, 0.6) is 0 Å². The summed E-state index contributed by atoms with van der Waals surface area (Å²) in [4.78, 5) is 6.53. The first-order valence-corrected chi connectivity index (χ1v) is 11.1. The number of hydrogen-bond acceptors (Lipinski definition) is 6. The highest BCUT2D eigenvalue weighted by Crippen LogP contribution is 2.18. The van der Waals surface area contributed by atoms with Crippen molar-refractivity contribution < 1.29 is 17.9 Å². The topological polar surface area (TPSA) is 73.7 Å². The van der Waals surface area contributed by atoms with Gasteiger partial charge in [-0.25, -0.2) is 13.4 Å². The van der Waals surface area contributed by atoms with Crippen molar-refractivity contribution in [2.45, 2.75) is 38.1 Å². The average Bonchev–Trinajstić information content (AvgIpc) is 3.07. The van der Waals surface area contributed by atoms with Gasteiger partial charge in [-0.05, 0) is 19.4 Å². The Kier molecular flexibility index (Phi) is 8.62. The fourth-order valence-corrected chi connectivity index (χ4v) is 4.22. The summed E-state index contributed by atoms with van der Waals surface area (Å²) in [5.74, 6) is -0.0910. The van der Waals surface area contributed by atoms with Gasteiger partial charge in [-0.1, -0.05) is 30.3 Å². The van der Waals surface area contributed by atoms with Crippen molar-refractivity contribution in [3.05, 3.63) is 47.8 Å². The average molecular weight is 410 g/mol. The van der Waals surface area contributed by atoms with Crippen LogP contribution in [0.4, 0.5) is 0 Å². The molecule has 0 aliphatic heterocycles. The van der Waals surface area contributed by atoms with Gasteiger partial charge in [0.15, 0.2) is 0 Å². The fraction of sp³-hybridized carbons (Fsp3) is 0.550. The number of imidazole rings is 1. The molecule has 0 fully saturated rings. The first kappa shape index (κ1) is 22.5. The summed E-state index contributed by atoms with van der Waals surface area (Å²) in [7, 11) is -0.369. The number of nitrogens with zero attached hydrogens (tertiary/aromatic N) is 3. The second-order valence-corrected chi connectivity index (χ2v) is 8.98. The molecule has 0 amide bonds. The van der Waals surface area contributed by atoms with E-state index in [1.54, 1.807) is 13.3 Å². The van der Waals surface area contributed by atoms with E-state index in [1.165, 1.54) is 7.11 Å². The highest BCUT2D eigenvalue weighted by molar-refractivity contribution is 7.91. The van der Waals surface area contributed by atoms with Gasteiger partial charge in [0, 0.05) is 33.4 Å². The molecule has 1 heterocycles. The molecule has 0 radical (unpaired) electrons. The standard InChI is InChI=1S/C20H31N3O4S/c1-17(2)22(10-11-26-3)16-19-14-21-20(28(24,25)13-12-27-4)23(19)15-18-8-6-5-7-9-18/h5-9,14,17H,10-13,15-16H2,1-4H3. The van der Waals surface area contributed by atoms with Gasteiger partial charge in [-0.3, -0.25) is 4.90 Å². The Balaban J connectivity index is 2.39. The molecular weight excluding hydrogens is 378 g/mol. The molecule has 156 valence electrons. The molecule has 0 unspecified atom stereocenters. The number of sulfone groups is 1. The molecule has 28 heavy (non-hydrogen) atoms. The molecule has 0 N–H and O–H groups in total. The zero-order valence-corrected chi connectivity index (χ0v) is 18.0. The van der Waals surface area contributed by atoms with Crippen LogP contribution in [0, 0.1) is 0 Å². The maximum atomic E-state index is 12.8. The van der Waals surface area contributed by atoms with Crippen LogP contribution in [0.2, 0.25) is 0 Å². The fourth-order valence-electron chi connectivity index (χ4n) is 2.92. The number of benzene rings is 1. The number of aromatic nitrogens is 2. The lowest BCUT2D eigenvalue weighted by atomic mass is 10.2. The predicted octanol–water partition coefficient (Wildman–Crippen LogP) is 2.21. The largest absolute Gasteiger partial charge is 0.384 e. The van der Waals surface area contributed by atoms with Gasteiger partial charge < -0.3 is 14.0 Å². The van der Waals surface area contributed by atoms with Gasteiger partial charge in [0.25, 0.3) is 0 Å². The van der Waals surface area contributed by atoms with Gasteiger partial charge in [0.1, 0.15) is 0 Å². The van der Waals surface area contributed by atoms with E-state index in [-0.39, 0.29) is 17.5 Å². The number of rotatable bonds is 12. The van der Waals surface area contributed by atoms with Gasteiger partial charge >= 0.3 is 0 Å². The first-order valence-electron chi connectivity index (χ1n) is 9.42. The zero-order valence-electron chi connectivity index (χ0n) is 17.2. The zero-order chi connectivity index (χ0) is 20.6. The second kappa shape index (κ2) is 10.7. The van der Waals surface area contributed by atoms with E-state index in [1.807, 2.05) is 34.9 Å². The molecule has 2 rings (SSSR count). The summed E-state index contributed by atoms with van der Waals surface area (Å²) in [5, 5.41) is 0.0962. The third-order valence-corrected chi connectivity index (χ3v) is 6.18. The van der Waals surface area contributed by atoms with Crippen molar-refractivity contribution in [2.24, 2.45) is 0 Å². The molecule has 2 aromatic rings. The van der Waals surface area contributed by atoms with E-state index < -0.39 is 9.84 Å². The van der Waals surface area contributed by atoms with E-state index in [0.29, 0.717) is 25.7 Å². The summed E-state index contributed by atoms with van der Waals surface area (Å²) >= 11 is 0. The minimum Gasteiger partial charge on any atom is -0.384 e. The van der Waals surface area contributed by atoms with Crippen LogP contribution < -0.4 is 0 Å². The molecule has 0 atom stereocenters. The summed E-state index contributed by atoms with van der Waals surface area (Å²) in [6.07, 6.45) is 1.67. The van der Waals surface area contributed by atoms with E-state index in [0.717, 1.165) is 17.8 Å². The number of methoxy groups -OCH3 is 2. The van der Waals surface area contributed by atoms with Gasteiger partial charge in [0.05, 0.1) is 37.4 Å². The van der Waals surface area contributed by atoms with Crippen LogP contribution in [-0.4, -0.2) is 68.6 Å². The molecule has 0 aliphatic rings. The van der Waals surface area contributed by atoms with Crippen LogP contribution in [0.25, 0.3) is 0 Å². The normalized spacial score (nSPS) is 12.2. The Labute approximate surface area is 168 Å².